The quantitative estimate of drug-likeness (QED) is 0.771. The minimum atomic E-state index is 0.434. The molecule has 2 aliphatic carbocycles. The van der Waals surface area contributed by atoms with Gasteiger partial charge in [-0.25, -0.2) is 0 Å². The SMILES string of the molecule is CC1CCCC(N=C2NC3(CCCC3)CS2)C1. The van der Waals surface area contributed by atoms with Crippen LogP contribution in [0.25, 0.3) is 0 Å². The van der Waals surface area contributed by atoms with Crippen molar-refractivity contribution in [1.29, 1.82) is 0 Å². The Morgan fingerprint density at radius 1 is 1.24 bits per heavy atom. The highest BCUT2D eigenvalue weighted by molar-refractivity contribution is 8.14. The van der Waals surface area contributed by atoms with Gasteiger partial charge in [0.25, 0.3) is 0 Å². The molecular weight excluding hydrogens is 228 g/mol. The summed E-state index contributed by atoms with van der Waals surface area (Å²) in [6.07, 6.45) is 10.9. The lowest BCUT2D eigenvalue weighted by atomic mass is 9.87. The lowest BCUT2D eigenvalue weighted by Crippen LogP contribution is -2.41. The van der Waals surface area contributed by atoms with Crippen molar-refractivity contribution in [2.75, 3.05) is 5.75 Å². The average Bonchev–Trinajstić information content (AvgIpc) is 2.90. The predicted molar refractivity (Wildman–Crippen MR) is 75.6 cm³/mol. The van der Waals surface area contributed by atoms with Crippen molar-refractivity contribution >= 4 is 16.9 Å². The number of hydrogen-bond acceptors (Lipinski definition) is 2. The Labute approximate surface area is 109 Å². The van der Waals surface area contributed by atoms with Gasteiger partial charge in [-0.2, -0.15) is 0 Å². The largest absolute Gasteiger partial charge is 0.359 e. The molecule has 3 fully saturated rings. The van der Waals surface area contributed by atoms with Crippen LogP contribution in [0.3, 0.4) is 0 Å². The zero-order chi connectivity index (χ0) is 11.7. The summed E-state index contributed by atoms with van der Waals surface area (Å²) in [6.45, 7) is 2.38. The van der Waals surface area contributed by atoms with Gasteiger partial charge in [0.1, 0.15) is 0 Å². The van der Waals surface area contributed by atoms with Gasteiger partial charge in [0.2, 0.25) is 0 Å². The molecule has 1 N–H and O–H groups in total. The van der Waals surface area contributed by atoms with E-state index in [1.807, 2.05) is 11.8 Å². The maximum Gasteiger partial charge on any atom is 0.157 e. The minimum absolute atomic E-state index is 0.434. The van der Waals surface area contributed by atoms with Gasteiger partial charge in [0.05, 0.1) is 6.04 Å². The molecule has 0 amide bonds. The van der Waals surface area contributed by atoms with Crippen LogP contribution >= 0.6 is 11.8 Å². The number of nitrogens with one attached hydrogen (secondary N) is 1. The van der Waals surface area contributed by atoms with Crippen LogP contribution in [-0.2, 0) is 0 Å². The first kappa shape index (κ1) is 11.9. The summed E-state index contributed by atoms with van der Waals surface area (Å²) in [5, 5.41) is 5.00. The highest BCUT2D eigenvalue weighted by Gasteiger charge is 2.39. The Morgan fingerprint density at radius 3 is 2.82 bits per heavy atom. The number of aliphatic imine (C=N–C) groups is 1. The molecule has 3 heteroatoms. The normalized spacial score (nSPS) is 38.8. The summed E-state index contributed by atoms with van der Waals surface area (Å²) in [7, 11) is 0. The maximum atomic E-state index is 4.97. The van der Waals surface area contributed by atoms with Crippen LogP contribution in [0.2, 0.25) is 0 Å². The van der Waals surface area contributed by atoms with E-state index < -0.39 is 0 Å². The van der Waals surface area contributed by atoms with E-state index in [0.29, 0.717) is 11.6 Å². The van der Waals surface area contributed by atoms with Crippen molar-refractivity contribution in [1.82, 2.24) is 5.32 Å². The van der Waals surface area contributed by atoms with E-state index in [1.165, 1.54) is 62.3 Å². The topological polar surface area (TPSA) is 24.4 Å². The molecule has 1 aliphatic heterocycles. The number of amidine groups is 1. The Morgan fingerprint density at radius 2 is 2.06 bits per heavy atom. The van der Waals surface area contributed by atoms with Gasteiger partial charge >= 0.3 is 0 Å². The van der Waals surface area contributed by atoms with Crippen LogP contribution in [0.5, 0.6) is 0 Å². The Hall–Kier alpha value is -0.180. The fourth-order valence-electron chi connectivity index (χ4n) is 3.58. The second-order valence-corrected chi connectivity index (χ2v) is 7.23. The van der Waals surface area contributed by atoms with Crippen molar-refractivity contribution in [3.63, 3.8) is 0 Å². The highest BCUT2D eigenvalue weighted by atomic mass is 32.2. The first-order chi connectivity index (χ1) is 8.26. The smallest absolute Gasteiger partial charge is 0.157 e. The van der Waals surface area contributed by atoms with E-state index in [-0.39, 0.29) is 0 Å². The van der Waals surface area contributed by atoms with Crippen LogP contribution in [0.15, 0.2) is 4.99 Å². The van der Waals surface area contributed by atoms with Gasteiger partial charge in [0.15, 0.2) is 5.17 Å². The van der Waals surface area contributed by atoms with Crippen molar-refractivity contribution < 1.29 is 0 Å². The van der Waals surface area contributed by atoms with Crippen LogP contribution < -0.4 is 5.32 Å². The van der Waals surface area contributed by atoms with Gasteiger partial charge in [-0.05, 0) is 31.6 Å². The monoisotopic (exact) mass is 252 g/mol. The van der Waals surface area contributed by atoms with E-state index in [4.69, 9.17) is 4.99 Å². The van der Waals surface area contributed by atoms with E-state index in [1.54, 1.807) is 0 Å². The summed E-state index contributed by atoms with van der Waals surface area (Å²) < 4.78 is 0. The molecule has 2 unspecified atom stereocenters. The first-order valence-electron chi connectivity index (χ1n) is 7.25. The predicted octanol–water partition coefficient (Wildman–Crippen LogP) is 3.57. The van der Waals surface area contributed by atoms with Gasteiger partial charge in [0, 0.05) is 11.3 Å². The molecule has 1 saturated heterocycles. The Bertz CT molecular complexity index is 307. The van der Waals surface area contributed by atoms with Gasteiger partial charge < -0.3 is 5.32 Å². The standard InChI is InChI=1S/C14H24N2S/c1-11-5-4-6-12(9-11)15-13-16-14(10-17-13)7-2-3-8-14/h11-12H,2-10H2,1H3,(H,15,16). The third kappa shape index (κ3) is 2.64. The molecule has 2 atom stereocenters. The van der Waals surface area contributed by atoms with Gasteiger partial charge in [-0.15, -0.1) is 0 Å². The summed E-state index contributed by atoms with van der Waals surface area (Å²) in [6, 6.07) is 0.602. The summed E-state index contributed by atoms with van der Waals surface area (Å²) in [4.78, 5) is 4.97. The molecule has 3 rings (SSSR count). The molecule has 0 bridgehead atoms. The van der Waals surface area contributed by atoms with Crippen molar-refractivity contribution in [3.8, 4) is 0 Å². The lowest BCUT2D eigenvalue weighted by Gasteiger charge is -2.25. The molecule has 0 radical (unpaired) electrons. The van der Waals surface area contributed by atoms with Gasteiger partial charge in [-0.3, -0.25) is 4.99 Å². The average molecular weight is 252 g/mol. The van der Waals surface area contributed by atoms with E-state index >= 15 is 0 Å². The second-order valence-electron chi connectivity index (χ2n) is 6.26. The van der Waals surface area contributed by atoms with Crippen LogP contribution in [0.1, 0.15) is 58.3 Å². The zero-order valence-corrected chi connectivity index (χ0v) is 11.7. The summed E-state index contributed by atoms with van der Waals surface area (Å²) in [5.41, 5.74) is 0.434. The molecule has 0 aromatic rings. The molecular formula is C14H24N2S. The number of thioether (sulfide) groups is 1. The summed E-state index contributed by atoms with van der Waals surface area (Å²) in [5.74, 6) is 2.14. The molecule has 2 saturated carbocycles. The van der Waals surface area contributed by atoms with Crippen molar-refractivity contribution in [2.45, 2.75) is 69.9 Å². The van der Waals surface area contributed by atoms with E-state index in [0.717, 1.165) is 5.92 Å². The lowest BCUT2D eigenvalue weighted by molar-refractivity contribution is 0.345. The highest BCUT2D eigenvalue weighted by Crippen LogP contribution is 2.38. The number of hydrogen-bond donors (Lipinski definition) is 1. The molecule has 96 valence electrons. The van der Waals surface area contributed by atoms with E-state index in [2.05, 4.69) is 12.2 Å². The Balaban J connectivity index is 1.61. The third-order valence-electron chi connectivity index (χ3n) is 4.63. The molecule has 3 aliphatic rings. The molecule has 2 nitrogen and oxygen atoms in total. The second kappa shape index (κ2) is 4.83. The van der Waals surface area contributed by atoms with Crippen LogP contribution in [0.4, 0.5) is 0 Å². The fourth-order valence-corrected chi connectivity index (χ4v) is 4.87. The third-order valence-corrected chi connectivity index (χ3v) is 5.80. The maximum absolute atomic E-state index is 4.97. The number of nitrogens with zero attached hydrogens (tertiary/aromatic N) is 1. The van der Waals surface area contributed by atoms with E-state index in [9.17, 15) is 0 Å². The number of rotatable bonds is 1. The zero-order valence-electron chi connectivity index (χ0n) is 10.9. The molecule has 1 heterocycles. The first-order valence-corrected chi connectivity index (χ1v) is 8.23. The molecule has 0 aromatic heterocycles. The van der Waals surface area contributed by atoms with Gasteiger partial charge in [-0.1, -0.05) is 44.4 Å². The van der Waals surface area contributed by atoms with Crippen LogP contribution in [-0.4, -0.2) is 22.5 Å². The summed E-state index contributed by atoms with van der Waals surface area (Å²) >= 11 is 1.97. The fraction of sp³-hybridized carbons (Fsp3) is 0.929. The molecule has 17 heavy (non-hydrogen) atoms. The Kier molecular flexibility index (Phi) is 3.38. The van der Waals surface area contributed by atoms with Crippen molar-refractivity contribution in [2.24, 2.45) is 10.9 Å². The van der Waals surface area contributed by atoms with Crippen LogP contribution in [0, 0.1) is 5.92 Å². The van der Waals surface area contributed by atoms with Crippen molar-refractivity contribution in [3.05, 3.63) is 0 Å². The minimum Gasteiger partial charge on any atom is -0.359 e. The molecule has 1 spiro atoms. The molecule has 0 aromatic carbocycles.